The quantitative estimate of drug-likeness (QED) is 0.850. The molecule has 1 rings (SSSR count). The van der Waals surface area contributed by atoms with Crippen molar-refractivity contribution in [3.8, 4) is 0 Å². The van der Waals surface area contributed by atoms with Gasteiger partial charge in [0.2, 0.25) is 0 Å². The van der Waals surface area contributed by atoms with E-state index in [2.05, 4.69) is 26.1 Å². The summed E-state index contributed by atoms with van der Waals surface area (Å²) in [7, 11) is 0. The Balaban J connectivity index is 2.50. The van der Waals surface area contributed by atoms with E-state index in [0.29, 0.717) is 6.54 Å². The summed E-state index contributed by atoms with van der Waals surface area (Å²) in [6, 6.07) is 7.90. The smallest absolute Gasteiger partial charge is 0.282 e. The molecule has 0 unspecified atom stereocenters. The minimum absolute atomic E-state index is 0.0931. The zero-order valence-corrected chi connectivity index (χ0v) is 11.1. The molecule has 0 saturated heterocycles. The van der Waals surface area contributed by atoms with Gasteiger partial charge in [-0.15, -0.1) is 0 Å². The molecule has 0 amide bonds. The zero-order valence-electron chi connectivity index (χ0n) is 11.1. The van der Waals surface area contributed by atoms with Crippen molar-refractivity contribution in [3.05, 3.63) is 35.4 Å². The Hall–Kier alpha value is -1.00. The molecule has 0 radical (unpaired) electrons. The van der Waals surface area contributed by atoms with Crippen LogP contribution >= 0.6 is 0 Å². The van der Waals surface area contributed by atoms with Crippen LogP contribution in [0.3, 0.4) is 0 Å². The maximum absolute atomic E-state index is 12.8. The van der Waals surface area contributed by atoms with Gasteiger partial charge in [-0.05, 0) is 16.5 Å². The van der Waals surface area contributed by atoms with Crippen molar-refractivity contribution in [2.24, 2.45) is 0 Å². The van der Waals surface area contributed by atoms with Crippen LogP contribution in [0.5, 0.6) is 0 Å². The largest absolute Gasteiger partial charge is 0.390 e. The van der Waals surface area contributed by atoms with E-state index in [9.17, 15) is 8.78 Å². The molecule has 0 aromatic heterocycles. The van der Waals surface area contributed by atoms with Crippen LogP contribution in [-0.4, -0.2) is 24.2 Å². The number of benzene rings is 1. The first-order chi connectivity index (χ1) is 8.24. The number of alkyl halides is 2. The molecule has 0 heterocycles. The third kappa shape index (κ3) is 4.70. The van der Waals surface area contributed by atoms with Crippen molar-refractivity contribution in [2.45, 2.75) is 38.7 Å². The summed E-state index contributed by atoms with van der Waals surface area (Å²) in [5.41, 5.74) is 2.26. The summed E-state index contributed by atoms with van der Waals surface area (Å²) in [6.07, 6.45) is 0. The molecule has 2 nitrogen and oxygen atoms in total. The fraction of sp³-hybridized carbons (Fsp3) is 0.571. The summed E-state index contributed by atoms with van der Waals surface area (Å²) in [6.45, 7) is 5.12. The lowest BCUT2D eigenvalue weighted by atomic mass is 9.87. The minimum Gasteiger partial charge on any atom is -0.390 e. The molecule has 0 aliphatic rings. The predicted molar refractivity (Wildman–Crippen MR) is 68.9 cm³/mol. The zero-order chi connectivity index (χ0) is 13.8. The SMILES string of the molecule is CC(C)(C)c1ccc(CNCC(F)(F)CO)cc1. The topological polar surface area (TPSA) is 32.3 Å². The highest BCUT2D eigenvalue weighted by atomic mass is 19.3. The van der Waals surface area contributed by atoms with Crippen LogP contribution in [0.4, 0.5) is 8.78 Å². The maximum atomic E-state index is 12.8. The highest BCUT2D eigenvalue weighted by molar-refractivity contribution is 5.27. The first-order valence-electron chi connectivity index (χ1n) is 6.03. The molecule has 0 saturated carbocycles. The van der Waals surface area contributed by atoms with Gasteiger partial charge in [-0.3, -0.25) is 0 Å². The van der Waals surface area contributed by atoms with E-state index in [4.69, 9.17) is 5.11 Å². The molecule has 4 heteroatoms. The van der Waals surface area contributed by atoms with E-state index in [0.717, 1.165) is 5.56 Å². The number of hydrogen-bond acceptors (Lipinski definition) is 2. The summed E-state index contributed by atoms with van der Waals surface area (Å²) < 4.78 is 25.5. The van der Waals surface area contributed by atoms with E-state index in [1.54, 1.807) is 0 Å². The molecular formula is C14H21F2NO. The second-order valence-electron chi connectivity index (χ2n) is 5.56. The number of aliphatic hydroxyl groups excluding tert-OH is 1. The Kier molecular flexibility index (Phi) is 4.82. The molecule has 0 aliphatic heterocycles. The van der Waals surface area contributed by atoms with Crippen LogP contribution < -0.4 is 5.32 Å². The third-order valence-corrected chi connectivity index (χ3v) is 2.76. The average molecular weight is 257 g/mol. The monoisotopic (exact) mass is 257 g/mol. The fourth-order valence-electron chi connectivity index (χ4n) is 1.57. The minimum atomic E-state index is -3.05. The second kappa shape index (κ2) is 5.76. The van der Waals surface area contributed by atoms with Crippen molar-refractivity contribution >= 4 is 0 Å². The Morgan fingerprint density at radius 2 is 1.67 bits per heavy atom. The van der Waals surface area contributed by atoms with Crippen LogP contribution in [0, 0.1) is 0 Å². The molecule has 102 valence electrons. The number of hydrogen-bond donors (Lipinski definition) is 2. The molecule has 2 N–H and O–H groups in total. The van der Waals surface area contributed by atoms with Crippen molar-refractivity contribution in [2.75, 3.05) is 13.2 Å². The Morgan fingerprint density at radius 3 is 2.11 bits per heavy atom. The summed E-state index contributed by atoms with van der Waals surface area (Å²) >= 11 is 0. The van der Waals surface area contributed by atoms with E-state index < -0.39 is 19.1 Å². The van der Waals surface area contributed by atoms with Crippen molar-refractivity contribution in [1.82, 2.24) is 5.32 Å². The van der Waals surface area contributed by atoms with Gasteiger partial charge in [-0.25, -0.2) is 8.78 Å². The van der Waals surface area contributed by atoms with Gasteiger partial charge >= 0.3 is 0 Å². The van der Waals surface area contributed by atoms with Crippen molar-refractivity contribution in [3.63, 3.8) is 0 Å². The molecule has 1 aromatic rings. The molecule has 18 heavy (non-hydrogen) atoms. The van der Waals surface area contributed by atoms with E-state index >= 15 is 0 Å². The highest BCUT2D eigenvalue weighted by Crippen LogP contribution is 2.22. The van der Waals surface area contributed by atoms with Crippen molar-refractivity contribution in [1.29, 1.82) is 0 Å². The van der Waals surface area contributed by atoms with Gasteiger partial charge < -0.3 is 10.4 Å². The third-order valence-electron chi connectivity index (χ3n) is 2.76. The Morgan fingerprint density at radius 1 is 1.11 bits per heavy atom. The number of nitrogens with one attached hydrogen (secondary N) is 1. The number of rotatable bonds is 5. The molecular weight excluding hydrogens is 236 g/mol. The van der Waals surface area contributed by atoms with Crippen LogP contribution in [0.1, 0.15) is 31.9 Å². The highest BCUT2D eigenvalue weighted by Gasteiger charge is 2.26. The number of aliphatic hydroxyl groups is 1. The van der Waals surface area contributed by atoms with Crippen LogP contribution in [0.15, 0.2) is 24.3 Å². The molecule has 0 aliphatic carbocycles. The molecule has 0 bridgehead atoms. The molecule has 1 aromatic carbocycles. The first kappa shape index (κ1) is 15.1. The lowest BCUT2D eigenvalue weighted by molar-refractivity contribution is -0.0477. The van der Waals surface area contributed by atoms with Gasteiger partial charge in [-0.2, -0.15) is 0 Å². The summed E-state index contributed by atoms with van der Waals surface area (Å²) in [5.74, 6) is -3.05. The molecule has 0 fully saturated rings. The van der Waals surface area contributed by atoms with Crippen LogP contribution in [-0.2, 0) is 12.0 Å². The Bertz CT molecular complexity index is 368. The van der Waals surface area contributed by atoms with Gasteiger partial charge in [-0.1, -0.05) is 45.0 Å². The van der Waals surface area contributed by atoms with Crippen LogP contribution in [0.2, 0.25) is 0 Å². The maximum Gasteiger partial charge on any atom is 0.282 e. The van der Waals surface area contributed by atoms with Crippen molar-refractivity contribution < 1.29 is 13.9 Å². The summed E-state index contributed by atoms with van der Waals surface area (Å²) in [4.78, 5) is 0. The molecule has 0 spiro atoms. The molecule has 0 atom stereocenters. The van der Waals surface area contributed by atoms with Gasteiger partial charge in [0.25, 0.3) is 5.92 Å². The standard InChI is InChI=1S/C14H21F2NO/c1-13(2,3)12-6-4-11(5-7-12)8-17-9-14(15,16)10-18/h4-7,17-18H,8-10H2,1-3H3. The fourth-order valence-corrected chi connectivity index (χ4v) is 1.57. The van der Waals surface area contributed by atoms with E-state index in [1.807, 2.05) is 24.3 Å². The first-order valence-corrected chi connectivity index (χ1v) is 6.03. The predicted octanol–water partition coefficient (Wildman–Crippen LogP) is 2.70. The van der Waals surface area contributed by atoms with E-state index in [-0.39, 0.29) is 5.41 Å². The van der Waals surface area contributed by atoms with Crippen LogP contribution in [0.25, 0.3) is 0 Å². The Labute approximate surface area is 107 Å². The second-order valence-corrected chi connectivity index (χ2v) is 5.56. The lowest BCUT2D eigenvalue weighted by Gasteiger charge is -2.19. The lowest BCUT2D eigenvalue weighted by Crippen LogP contribution is -2.35. The van der Waals surface area contributed by atoms with Gasteiger partial charge in [0.1, 0.15) is 6.61 Å². The number of halogens is 2. The van der Waals surface area contributed by atoms with E-state index in [1.165, 1.54) is 5.56 Å². The summed E-state index contributed by atoms with van der Waals surface area (Å²) in [5, 5.41) is 11.1. The normalized spacial score (nSPS) is 12.8. The van der Waals surface area contributed by atoms with Gasteiger partial charge in [0.05, 0.1) is 6.54 Å². The van der Waals surface area contributed by atoms with Gasteiger partial charge in [0, 0.05) is 6.54 Å². The average Bonchev–Trinajstić information content (AvgIpc) is 2.28. The van der Waals surface area contributed by atoms with Gasteiger partial charge in [0.15, 0.2) is 0 Å².